The molecule has 0 aliphatic heterocycles. The van der Waals surface area contributed by atoms with Gasteiger partial charge in [0.1, 0.15) is 0 Å². The Kier molecular flexibility index (Phi) is 7.20. The topological polar surface area (TPSA) is 88.9 Å². The summed E-state index contributed by atoms with van der Waals surface area (Å²) in [5, 5.41) is 14.5. The second-order valence-electron chi connectivity index (χ2n) is 5.16. The first-order valence-corrected chi connectivity index (χ1v) is 7.83. The number of nitriles is 1. The average Bonchev–Trinajstić information content (AvgIpc) is 3.09. The van der Waals surface area contributed by atoms with E-state index >= 15 is 0 Å². The number of nitrogens with one attached hydrogen (secondary N) is 3. The maximum atomic E-state index is 8.77. The average molecular weight is 310 g/mol. The van der Waals surface area contributed by atoms with Crippen LogP contribution in [-0.4, -0.2) is 29.0 Å². The second-order valence-corrected chi connectivity index (χ2v) is 5.16. The monoisotopic (exact) mass is 310 g/mol. The fourth-order valence-electron chi connectivity index (χ4n) is 2.21. The highest BCUT2D eigenvalue weighted by molar-refractivity contribution is 5.81. The Morgan fingerprint density at radius 1 is 1.22 bits per heavy atom. The Labute approximate surface area is 136 Å². The minimum atomic E-state index is 0.534. The summed E-state index contributed by atoms with van der Waals surface area (Å²) in [6, 6.07) is 10.4. The van der Waals surface area contributed by atoms with Crippen molar-refractivity contribution in [2.24, 2.45) is 4.99 Å². The highest BCUT2D eigenvalue weighted by atomic mass is 15.2. The maximum absolute atomic E-state index is 8.77. The van der Waals surface area contributed by atoms with Crippen LogP contribution in [-0.2, 0) is 12.8 Å². The maximum Gasteiger partial charge on any atom is 0.204 e. The number of guanidine groups is 1. The number of unbranched alkanes of at least 4 members (excludes halogenated alkanes) is 1. The summed E-state index contributed by atoms with van der Waals surface area (Å²) in [6.07, 6.45) is 9.31. The van der Waals surface area contributed by atoms with Crippen LogP contribution in [0.3, 0.4) is 0 Å². The van der Waals surface area contributed by atoms with Gasteiger partial charge in [-0.3, -0.25) is 10.3 Å². The molecule has 0 bridgehead atoms. The molecule has 6 nitrogen and oxygen atoms in total. The van der Waals surface area contributed by atoms with Crippen LogP contribution in [0.4, 0.5) is 0 Å². The minimum absolute atomic E-state index is 0.534. The van der Waals surface area contributed by atoms with Crippen LogP contribution in [0, 0.1) is 11.5 Å². The smallest absolute Gasteiger partial charge is 0.204 e. The van der Waals surface area contributed by atoms with Crippen molar-refractivity contribution in [3.63, 3.8) is 0 Å². The van der Waals surface area contributed by atoms with Crippen molar-refractivity contribution in [3.8, 4) is 6.19 Å². The molecule has 0 aliphatic carbocycles. The van der Waals surface area contributed by atoms with Crippen LogP contribution < -0.4 is 10.6 Å². The number of aromatic nitrogens is 2. The van der Waals surface area contributed by atoms with Gasteiger partial charge in [-0.2, -0.15) is 5.26 Å². The SMILES string of the molecule is N#CNC(=NCCCCc1ccccc1)NCCc1cnc[nH]1. The lowest BCUT2D eigenvalue weighted by molar-refractivity contribution is 0.736. The fourth-order valence-corrected chi connectivity index (χ4v) is 2.21. The molecule has 1 aromatic carbocycles. The third-order valence-corrected chi connectivity index (χ3v) is 3.40. The summed E-state index contributed by atoms with van der Waals surface area (Å²) >= 11 is 0. The Morgan fingerprint density at radius 2 is 2.09 bits per heavy atom. The zero-order valence-electron chi connectivity index (χ0n) is 13.1. The first-order valence-electron chi connectivity index (χ1n) is 7.83. The number of aliphatic imine (C=N–C) groups is 1. The van der Waals surface area contributed by atoms with Crippen molar-refractivity contribution in [2.75, 3.05) is 13.1 Å². The van der Waals surface area contributed by atoms with E-state index in [2.05, 4.69) is 49.9 Å². The first kappa shape index (κ1) is 16.6. The number of nitrogens with zero attached hydrogens (tertiary/aromatic N) is 3. The van der Waals surface area contributed by atoms with Gasteiger partial charge in [-0.25, -0.2) is 4.98 Å². The molecule has 2 rings (SSSR count). The van der Waals surface area contributed by atoms with Crippen molar-refractivity contribution < 1.29 is 0 Å². The molecule has 0 spiro atoms. The second kappa shape index (κ2) is 10.0. The molecular weight excluding hydrogens is 288 g/mol. The predicted octanol–water partition coefficient (Wildman–Crippen LogP) is 1.99. The zero-order chi connectivity index (χ0) is 16.2. The van der Waals surface area contributed by atoms with Gasteiger partial charge in [-0.05, 0) is 24.8 Å². The van der Waals surface area contributed by atoms with Gasteiger partial charge in [-0.1, -0.05) is 30.3 Å². The lowest BCUT2D eigenvalue weighted by Gasteiger charge is -2.07. The lowest BCUT2D eigenvalue weighted by atomic mass is 10.1. The molecule has 1 heterocycles. The Morgan fingerprint density at radius 3 is 2.83 bits per heavy atom. The van der Waals surface area contributed by atoms with Crippen LogP contribution in [0.2, 0.25) is 0 Å². The minimum Gasteiger partial charge on any atom is -0.355 e. The molecule has 0 saturated carbocycles. The molecule has 0 unspecified atom stereocenters. The number of aromatic amines is 1. The Hall–Kier alpha value is -2.81. The normalized spacial score (nSPS) is 11.0. The molecule has 3 N–H and O–H groups in total. The van der Waals surface area contributed by atoms with Crippen molar-refractivity contribution in [2.45, 2.75) is 25.7 Å². The summed E-state index contributed by atoms with van der Waals surface area (Å²) in [7, 11) is 0. The van der Waals surface area contributed by atoms with Crippen LogP contribution in [0.25, 0.3) is 0 Å². The van der Waals surface area contributed by atoms with Crippen molar-refractivity contribution in [1.82, 2.24) is 20.6 Å². The predicted molar refractivity (Wildman–Crippen MR) is 90.7 cm³/mol. The number of hydrogen-bond acceptors (Lipinski definition) is 3. The van der Waals surface area contributed by atoms with Gasteiger partial charge in [0.05, 0.1) is 6.33 Å². The standard InChI is InChI=1S/C17H22N6/c18-13-22-17(21-11-9-16-12-19-14-23-16)20-10-5-4-8-15-6-2-1-3-7-15/h1-3,6-7,12,14H,4-5,8-11H2,(H,19,23)(H2,20,21,22). The molecular formula is C17H22N6. The molecule has 2 aromatic rings. The number of benzene rings is 1. The molecule has 0 fully saturated rings. The van der Waals surface area contributed by atoms with Crippen LogP contribution in [0.15, 0.2) is 47.8 Å². The molecule has 0 aliphatic rings. The summed E-state index contributed by atoms with van der Waals surface area (Å²) in [6.45, 7) is 1.40. The van der Waals surface area contributed by atoms with E-state index in [9.17, 15) is 0 Å². The van der Waals surface area contributed by atoms with Crippen molar-refractivity contribution in [3.05, 3.63) is 54.1 Å². The van der Waals surface area contributed by atoms with Gasteiger partial charge in [0.2, 0.25) is 5.96 Å². The number of aryl methyl sites for hydroxylation is 1. The van der Waals surface area contributed by atoms with Gasteiger partial charge >= 0.3 is 0 Å². The first-order chi connectivity index (χ1) is 11.4. The highest BCUT2D eigenvalue weighted by Crippen LogP contribution is 2.04. The van der Waals surface area contributed by atoms with Crippen LogP contribution in [0.1, 0.15) is 24.1 Å². The molecule has 1 aromatic heterocycles. The summed E-state index contributed by atoms with van der Waals surface area (Å²) < 4.78 is 0. The van der Waals surface area contributed by atoms with E-state index in [1.54, 1.807) is 12.5 Å². The number of rotatable bonds is 8. The van der Waals surface area contributed by atoms with Crippen molar-refractivity contribution in [1.29, 1.82) is 5.26 Å². The van der Waals surface area contributed by atoms with Gasteiger partial charge in [0.25, 0.3) is 0 Å². The molecule has 0 radical (unpaired) electrons. The molecule has 0 saturated heterocycles. The summed E-state index contributed by atoms with van der Waals surface area (Å²) in [4.78, 5) is 11.4. The van der Waals surface area contributed by atoms with E-state index in [0.29, 0.717) is 19.0 Å². The Bertz CT molecular complexity index is 612. The largest absolute Gasteiger partial charge is 0.355 e. The summed E-state index contributed by atoms with van der Waals surface area (Å²) in [5.41, 5.74) is 2.40. The van der Waals surface area contributed by atoms with E-state index in [1.165, 1.54) is 5.56 Å². The van der Waals surface area contributed by atoms with E-state index in [4.69, 9.17) is 5.26 Å². The van der Waals surface area contributed by atoms with Crippen molar-refractivity contribution >= 4 is 5.96 Å². The van der Waals surface area contributed by atoms with Gasteiger partial charge < -0.3 is 10.3 Å². The zero-order valence-corrected chi connectivity index (χ0v) is 13.1. The third kappa shape index (κ3) is 6.66. The van der Waals surface area contributed by atoms with Gasteiger partial charge in [0, 0.05) is 31.4 Å². The van der Waals surface area contributed by atoms with E-state index in [0.717, 1.165) is 31.4 Å². The molecule has 0 atom stereocenters. The quantitative estimate of drug-likeness (QED) is 0.229. The van der Waals surface area contributed by atoms with E-state index < -0.39 is 0 Å². The number of hydrogen-bond donors (Lipinski definition) is 3. The lowest BCUT2D eigenvalue weighted by Crippen LogP contribution is -2.36. The Balaban J connectivity index is 1.65. The molecule has 6 heteroatoms. The number of H-pyrrole nitrogens is 1. The third-order valence-electron chi connectivity index (χ3n) is 3.40. The molecule has 0 amide bonds. The van der Waals surface area contributed by atoms with Gasteiger partial charge in [-0.15, -0.1) is 0 Å². The van der Waals surface area contributed by atoms with Crippen LogP contribution >= 0.6 is 0 Å². The van der Waals surface area contributed by atoms with Crippen LogP contribution in [0.5, 0.6) is 0 Å². The van der Waals surface area contributed by atoms with E-state index in [-0.39, 0.29) is 0 Å². The van der Waals surface area contributed by atoms with Gasteiger partial charge in [0.15, 0.2) is 6.19 Å². The fraction of sp³-hybridized carbons (Fsp3) is 0.353. The molecule has 120 valence electrons. The molecule has 23 heavy (non-hydrogen) atoms. The highest BCUT2D eigenvalue weighted by Gasteiger charge is 1.99. The number of imidazole rings is 1. The summed E-state index contributed by atoms with van der Waals surface area (Å²) in [5.74, 6) is 0.534. The van der Waals surface area contributed by atoms with E-state index in [1.807, 2.05) is 12.3 Å².